The topological polar surface area (TPSA) is 58.6 Å². The summed E-state index contributed by atoms with van der Waals surface area (Å²) in [6.45, 7) is 7.48. The molecule has 0 atom stereocenters. The molecule has 2 aromatic heterocycles. The highest BCUT2D eigenvalue weighted by molar-refractivity contribution is 6.31. The maximum absolute atomic E-state index is 12.7. The van der Waals surface area contributed by atoms with Crippen molar-refractivity contribution in [2.45, 2.75) is 45.6 Å². The molecule has 0 saturated carbocycles. The Morgan fingerprint density at radius 2 is 1.79 bits per heavy atom. The number of likely N-dealkylation sites (tertiary alicyclic amines) is 1. The second kappa shape index (κ2) is 9.69. The summed E-state index contributed by atoms with van der Waals surface area (Å²) >= 11 is 6.34. The van der Waals surface area contributed by atoms with Crippen LogP contribution in [0.25, 0.3) is 11.0 Å². The summed E-state index contributed by atoms with van der Waals surface area (Å²) < 4.78 is 12.0. The maximum Gasteiger partial charge on any atom is 0.291 e. The number of benzene rings is 2. The molecule has 0 spiro atoms. The van der Waals surface area contributed by atoms with Gasteiger partial charge in [0.2, 0.25) is 0 Å². The van der Waals surface area contributed by atoms with Gasteiger partial charge in [0.05, 0.1) is 0 Å². The van der Waals surface area contributed by atoms with Crippen molar-refractivity contribution in [3.05, 3.63) is 88.0 Å². The molecular weight excluding hydrogens is 448 g/mol. The highest BCUT2D eigenvalue weighted by Gasteiger charge is 2.17. The van der Waals surface area contributed by atoms with Gasteiger partial charge in [-0.2, -0.15) is 0 Å². The van der Waals surface area contributed by atoms with Gasteiger partial charge in [-0.1, -0.05) is 37.6 Å². The van der Waals surface area contributed by atoms with Crippen LogP contribution < -0.4 is 5.32 Å². The molecule has 0 unspecified atom stereocenters. The molecule has 0 aliphatic carbocycles. The van der Waals surface area contributed by atoms with Crippen LogP contribution in [0.15, 0.2) is 63.4 Å². The summed E-state index contributed by atoms with van der Waals surface area (Å²) in [6, 6.07) is 17.4. The van der Waals surface area contributed by atoms with Crippen LogP contribution in [0.5, 0.6) is 0 Å². The number of furan rings is 2. The Morgan fingerprint density at radius 1 is 1.03 bits per heavy atom. The standard InChI is InChI=1S/C28H29ClN2O3/c1-18(2)26-16-21-14-22(29)13-20(27(21)34-26)15-24-9-10-25(33-24)28(32)30-23-7-5-19(6-8-23)17-31-11-3-4-12-31/h5-10,13-14,16,18H,3-4,11-12,15,17H2,1-2H3,(H,30,32). The van der Waals surface area contributed by atoms with E-state index < -0.39 is 0 Å². The Hall–Kier alpha value is -3.02. The maximum atomic E-state index is 12.7. The molecule has 1 aliphatic rings. The summed E-state index contributed by atoms with van der Waals surface area (Å²) in [6.07, 6.45) is 3.05. The first-order chi connectivity index (χ1) is 16.4. The molecular formula is C28H29ClN2O3. The van der Waals surface area contributed by atoms with E-state index in [1.54, 1.807) is 6.07 Å². The number of halogens is 1. The second-order valence-corrected chi connectivity index (χ2v) is 9.80. The zero-order valence-electron chi connectivity index (χ0n) is 19.6. The van der Waals surface area contributed by atoms with Crippen molar-refractivity contribution in [1.82, 2.24) is 4.90 Å². The minimum atomic E-state index is -0.269. The number of rotatable bonds is 7. The smallest absolute Gasteiger partial charge is 0.291 e. The first-order valence-corrected chi connectivity index (χ1v) is 12.3. The van der Waals surface area contributed by atoms with Crippen LogP contribution in [-0.4, -0.2) is 23.9 Å². The van der Waals surface area contributed by atoms with Gasteiger partial charge in [-0.3, -0.25) is 9.69 Å². The number of carbonyl (C=O) groups is 1. The molecule has 3 heterocycles. The van der Waals surface area contributed by atoms with E-state index in [0.717, 1.165) is 34.5 Å². The molecule has 0 radical (unpaired) electrons. The Morgan fingerprint density at radius 3 is 2.53 bits per heavy atom. The molecule has 1 amide bonds. The van der Waals surface area contributed by atoms with Crippen LogP contribution in [-0.2, 0) is 13.0 Å². The van der Waals surface area contributed by atoms with Crippen LogP contribution >= 0.6 is 11.6 Å². The van der Waals surface area contributed by atoms with Gasteiger partial charge in [0.25, 0.3) is 5.91 Å². The fraction of sp³-hybridized carbons (Fsp3) is 0.321. The van der Waals surface area contributed by atoms with E-state index in [9.17, 15) is 4.79 Å². The predicted octanol–water partition coefficient (Wildman–Crippen LogP) is 7.24. The van der Waals surface area contributed by atoms with Crippen molar-refractivity contribution < 1.29 is 13.6 Å². The van der Waals surface area contributed by atoms with Crippen LogP contribution in [0.3, 0.4) is 0 Å². The fourth-order valence-corrected chi connectivity index (χ4v) is 4.74. The Bertz CT molecular complexity index is 1300. The number of amides is 1. The van der Waals surface area contributed by atoms with Crippen molar-refractivity contribution in [1.29, 1.82) is 0 Å². The minimum Gasteiger partial charge on any atom is -0.461 e. The van der Waals surface area contributed by atoms with Crippen molar-refractivity contribution in [3.8, 4) is 0 Å². The zero-order chi connectivity index (χ0) is 23.7. The van der Waals surface area contributed by atoms with Gasteiger partial charge in [-0.15, -0.1) is 0 Å². The average molecular weight is 477 g/mol. The Kier molecular flexibility index (Phi) is 6.48. The average Bonchev–Trinajstić information content (AvgIpc) is 3.56. The van der Waals surface area contributed by atoms with E-state index in [0.29, 0.717) is 17.2 Å². The number of hydrogen-bond acceptors (Lipinski definition) is 4. The van der Waals surface area contributed by atoms with Crippen LogP contribution in [0, 0.1) is 0 Å². The predicted molar refractivity (Wildman–Crippen MR) is 136 cm³/mol. The number of anilines is 1. The number of nitrogens with zero attached hydrogens (tertiary/aromatic N) is 1. The molecule has 0 bridgehead atoms. The lowest BCUT2D eigenvalue weighted by Crippen LogP contribution is -2.18. The van der Waals surface area contributed by atoms with Gasteiger partial charge >= 0.3 is 0 Å². The van der Waals surface area contributed by atoms with Gasteiger partial charge < -0.3 is 14.2 Å². The van der Waals surface area contributed by atoms with Crippen molar-refractivity contribution in [3.63, 3.8) is 0 Å². The number of nitrogens with one attached hydrogen (secondary N) is 1. The molecule has 2 aromatic carbocycles. The Labute approximate surface area is 204 Å². The largest absolute Gasteiger partial charge is 0.461 e. The van der Waals surface area contributed by atoms with Gasteiger partial charge in [0, 0.05) is 40.5 Å². The van der Waals surface area contributed by atoms with Gasteiger partial charge in [-0.05, 0) is 74.0 Å². The van der Waals surface area contributed by atoms with E-state index in [4.69, 9.17) is 20.4 Å². The third-order valence-electron chi connectivity index (χ3n) is 6.31. The fourth-order valence-electron chi connectivity index (χ4n) is 4.49. The lowest BCUT2D eigenvalue weighted by Gasteiger charge is -2.14. The third-order valence-corrected chi connectivity index (χ3v) is 6.53. The van der Waals surface area contributed by atoms with E-state index in [2.05, 4.69) is 36.2 Å². The molecule has 34 heavy (non-hydrogen) atoms. The normalized spacial score (nSPS) is 14.4. The number of hydrogen-bond donors (Lipinski definition) is 1. The molecule has 5 rings (SSSR count). The summed E-state index contributed by atoms with van der Waals surface area (Å²) in [5, 5.41) is 4.55. The minimum absolute atomic E-state index is 0.269. The molecule has 176 valence electrons. The number of carbonyl (C=O) groups excluding carboxylic acids is 1. The van der Waals surface area contributed by atoms with E-state index in [1.807, 2.05) is 36.4 Å². The van der Waals surface area contributed by atoms with Crippen molar-refractivity contribution in [2.75, 3.05) is 18.4 Å². The summed E-state index contributed by atoms with van der Waals surface area (Å²) in [4.78, 5) is 15.2. The molecule has 4 aromatic rings. The Balaban J connectivity index is 1.26. The molecule has 1 fully saturated rings. The van der Waals surface area contributed by atoms with Gasteiger partial charge in [-0.25, -0.2) is 0 Å². The first kappa shape index (κ1) is 22.8. The number of fused-ring (bicyclic) bond motifs is 1. The van der Waals surface area contributed by atoms with Crippen LogP contribution in [0.1, 0.15) is 65.8 Å². The van der Waals surface area contributed by atoms with Crippen LogP contribution in [0.2, 0.25) is 5.02 Å². The molecule has 1 saturated heterocycles. The summed E-state index contributed by atoms with van der Waals surface area (Å²) in [5.41, 5.74) is 3.75. The van der Waals surface area contributed by atoms with Gasteiger partial charge in [0.1, 0.15) is 17.1 Å². The molecule has 6 heteroatoms. The third kappa shape index (κ3) is 5.06. The van der Waals surface area contributed by atoms with E-state index >= 15 is 0 Å². The van der Waals surface area contributed by atoms with E-state index in [1.165, 1.54) is 31.5 Å². The van der Waals surface area contributed by atoms with E-state index in [-0.39, 0.29) is 17.6 Å². The lowest BCUT2D eigenvalue weighted by atomic mass is 10.1. The summed E-state index contributed by atoms with van der Waals surface area (Å²) in [5.74, 6) is 1.89. The molecule has 1 aliphatic heterocycles. The zero-order valence-corrected chi connectivity index (χ0v) is 20.3. The lowest BCUT2D eigenvalue weighted by molar-refractivity contribution is 0.0995. The first-order valence-electron chi connectivity index (χ1n) is 11.9. The van der Waals surface area contributed by atoms with Crippen LogP contribution in [0.4, 0.5) is 5.69 Å². The molecule has 5 nitrogen and oxygen atoms in total. The highest BCUT2D eigenvalue weighted by atomic mass is 35.5. The SMILES string of the molecule is CC(C)c1cc2cc(Cl)cc(Cc3ccc(C(=O)Nc4ccc(CN5CCCC5)cc4)o3)c2o1. The monoisotopic (exact) mass is 476 g/mol. The van der Waals surface area contributed by atoms with Gasteiger partial charge in [0.15, 0.2) is 5.76 Å². The summed E-state index contributed by atoms with van der Waals surface area (Å²) in [7, 11) is 0. The van der Waals surface area contributed by atoms with Crippen molar-refractivity contribution in [2.24, 2.45) is 0 Å². The second-order valence-electron chi connectivity index (χ2n) is 9.36. The quantitative estimate of drug-likeness (QED) is 0.305. The molecule has 1 N–H and O–H groups in total. The van der Waals surface area contributed by atoms with Crippen molar-refractivity contribution >= 4 is 34.2 Å². The highest BCUT2D eigenvalue weighted by Crippen LogP contribution is 2.32.